The zero-order chi connectivity index (χ0) is 16.7. The number of carbonyl (C=O) groups excluding carboxylic acids is 1. The molecule has 3 N–H and O–H groups in total. The van der Waals surface area contributed by atoms with Crippen molar-refractivity contribution in [1.82, 2.24) is 5.32 Å². The van der Waals surface area contributed by atoms with Crippen LogP contribution in [0.5, 0.6) is 11.5 Å². The van der Waals surface area contributed by atoms with E-state index in [-0.39, 0.29) is 103 Å². The zero-order valence-electron chi connectivity index (χ0n) is 14.4. The van der Waals surface area contributed by atoms with Crippen molar-refractivity contribution in [3.8, 4) is 11.5 Å². The number of nitrogens with one attached hydrogen (secondary N) is 1. The fourth-order valence-electron chi connectivity index (χ4n) is 1.98. The van der Waals surface area contributed by atoms with Crippen LogP contribution in [0.15, 0.2) is 54.6 Å². The standard InChI is InChI=1S/C16H18NO5P.2K/c18-16(12-23(19,20)21)17-10-9-13-5-4-8-15(11-13)22-14-6-2-1-3-7-14;;/h1-8,11H,9-10,12H2,(H,17,18)(H2,19,20,21);;. The fraction of sp³-hybridized carbons (Fsp3) is 0.188. The van der Waals surface area contributed by atoms with Crippen LogP contribution in [0.1, 0.15) is 5.56 Å². The average Bonchev–Trinajstić information content (AvgIpc) is 2.47. The predicted molar refractivity (Wildman–Crippen MR) is 98.1 cm³/mol. The second kappa shape index (κ2) is 13.3. The molecule has 2 radical (unpaired) electrons. The third-order valence-electron chi connectivity index (χ3n) is 2.96. The number of hydrogen-bond donors (Lipinski definition) is 3. The summed E-state index contributed by atoms with van der Waals surface area (Å²) in [6.45, 7) is 0.299. The Morgan fingerprint density at radius 2 is 1.64 bits per heavy atom. The molecule has 0 aliphatic heterocycles. The van der Waals surface area contributed by atoms with Gasteiger partial charge in [0.2, 0.25) is 5.91 Å². The third-order valence-corrected chi connectivity index (χ3v) is 3.66. The van der Waals surface area contributed by atoms with E-state index in [0.717, 1.165) is 11.3 Å². The van der Waals surface area contributed by atoms with Gasteiger partial charge in [0.05, 0.1) is 0 Å². The van der Waals surface area contributed by atoms with Gasteiger partial charge in [-0.15, -0.1) is 0 Å². The van der Waals surface area contributed by atoms with Gasteiger partial charge in [-0.1, -0.05) is 30.3 Å². The molecule has 0 spiro atoms. The third kappa shape index (κ3) is 11.5. The van der Waals surface area contributed by atoms with Crippen molar-refractivity contribution in [2.24, 2.45) is 0 Å². The monoisotopic (exact) mass is 413 g/mol. The molecule has 0 atom stereocenters. The summed E-state index contributed by atoms with van der Waals surface area (Å²) in [5, 5.41) is 2.48. The molecule has 0 fully saturated rings. The second-order valence-corrected chi connectivity index (χ2v) is 6.63. The smallest absolute Gasteiger partial charge is 0.334 e. The SMILES string of the molecule is O=C(CP(=O)(O)O)NCCc1cccc(Oc2ccccc2)c1.[K].[K]. The normalized spacial score (nSPS) is 10.2. The van der Waals surface area contributed by atoms with Gasteiger partial charge in [-0.3, -0.25) is 9.36 Å². The first-order valence-corrected chi connectivity index (χ1v) is 8.85. The Morgan fingerprint density at radius 3 is 2.28 bits per heavy atom. The Labute approximate surface area is 232 Å². The molecular weight excluding hydrogens is 395 g/mol. The maximum absolute atomic E-state index is 11.3. The van der Waals surface area contributed by atoms with Crippen LogP contribution in [0.4, 0.5) is 0 Å². The number of ether oxygens (including phenoxy) is 1. The number of carbonyl (C=O) groups is 1. The van der Waals surface area contributed by atoms with E-state index in [1.54, 1.807) is 0 Å². The van der Waals surface area contributed by atoms with Gasteiger partial charge in [0.15, 0.2) is 0 Å². The van der Waals surface area contributed by atoms with Crippen LogP contribution in [0.2, 0.25) is 0 Å². The van der Waals surface area contributed by atoms with Crippen LogP contribution in [0.3, 0.4) is 0 Å². The van der Waals surface area contributed by atoms with E-state index in [2.05, 4.69) is 5.32 Å². The maximum atomic E-state index is 11.3. The molecule has 2 aromatic rings. The average molecular weight is 413 g/mol. The Bertz CT molecular complexity index is 709. The van der Waals surface area contributed by atoms with Gasteiger partial charge in [0, 0.05) is 109 Å². The van der Waals surface area contributed by atoms with Gasteiger partial charge < -0.3 is 19.8 Å². The van der Waals surface area contributed by atoms with Gasteiger partial charge in [0.25, 0.3) is 0 Å². The molecule has 0 aliphatic carbocycles. The maximum Gasteiger partial charge on any atom is 0.334 e. The second-order valence-electron chi connectivity index (χ2n) is 4.99. The minimum absolute atomic E-state index is 0. The largest absolute Gasteiger partial charge is 0.457 e. The van der Waals surface area contributed by atoms with Crippen LogP contribution in [-0.4, -0.2) is 131 Å². The summed E-state index contributed by atoms with van der Waals surface area (Å²) in [7, 11) is -4.31. The number of rotatable bonds is 7. The molecule has 2 aromatic carbocycles. The molecule has 0 heterocycles. The molecule has 0 saturated heterocycles. The summed E-state index contributed by atoms with van der Waals surface area (Å²) < 4.78 is 16.4. The number of benzene rings is 2. The molecule has 0 aliphatic rings. The van der Waals surface area contributed by atoms with Gasteiger partial charge in [0.1, 0.15) is 17.7 Å². The van der Waals surface area contributed by atoms with Crippen molar-refractivity contribution in [3.05, 3.63) is 60.2 Å². The molecule has 2 rings (SSSR count). The van der Waals surface area contributed by atoms with Gasteiger partial charge >= 0.3 is 7.60 Å². The van der Waals surface area contributed by atoms with Crippen molar-refractivity contribution in [3.63, 3.8) is 0 Å². The summed E-state index contributed by atoms with van der Waals surface area (Å²) in [4.78, 5) is 28.8. The Morgan fingerprint density at radius 1 is 1.00 bits per heavy atom. The molecule has 0 aromatic heterocycles. The Kier molecular flexibility index (Phi) is 13.9. The van der Waals surface area contributed by atoms with Crippen LogP contribution >= 0.6 is 7.60 Å². The number of para-hydroxylation sites is 1. The molecule has 6 nitrogen and oxygen atoms in total. The predicted octanol–water partition coefficient (Wildman–Crippen LogP) is 1.55. The van der Waals surface area contributed by atoms with Crippen LogP contribution < -0.4 is 10.1 Å². The van der Waals surface area contributed by atoms with Gasteiger partial charge in [-0.05, 0) is 36.2 Å². The van der Waals surface area contributed by atoms with Crippen molar-refractivity contribution in [1.29, 1.82) is 0 Å². The van der Waals surface area contributed by atoms with E-state index in [1.807, 2.05) is 54.6 Å². The summed E-state index contributed by atoms with van der Waals surface area (Å²) in [6, 6.07) is 16.8. The van der Waals surface area contributed by atoms with E-state index in [0.29, 0.717) is 18.7 Å². The van der Waals surface area contributed by atoms with Crippen LogP contribution in [0.25, 0.3) is 0 Å². The summed E-state index contributed by atoms with van der Waals surface area (Å²) >= 11 is 0. The fourth-order valence-corrected chi connectivity index (χ4v) is 2.46. The number of amides is 1. The Hall–Kier alpha value is 1.13. The quantitative estimate of drug-likeness (QED) is 0.473. The van der Waals surface area contributed by atoms with Crippen molar-refractivity contribution in [2.75, 3.05) is 12.7 Å². The molecule has 25 heavy (non-hydrogen) atoms. The first-order valence-electron chi connectivity index (χ1n) is 7.05. The van der Waals surface area contributed by atoms with Crippen molar-refractivity contribution in [2.45, 2.75) is 6.42 Å². The number of hydrogen-bond acceptors (Lipinski definition) is 3. The van der Waals surface area contributed by atoms with Gasteiger partial charge in [-0.25, -0.2) is 0 Å². The zero-order valence-corrected chi connectivity index (χ0v) is 21.5. The summed E-state index contributed by atoms with van der Waals surface area (Å²) in [6.07, 6.45) is -0.247. The van der Waals surface area contributed by atoms with E-state index in [4.69, 9.17) is 14.5 Å². The molecule has 0 saturated carbocycles. The van der Waals surface area contributed by atoms with E-state index in [1.165, 1.54) is 0 Å². The van der Waals surface area contributed by atoms with E-state index >= 15 is 0 Å². The molecule has 1 amide bonds. The molecular formula is C16H18K2NO5P. The van der Waals surface area contributed by atoms with Crippen molar-refractivity contribution < 1.29 is 23.9 Å². The van der Waals surface area contributed by atoms with Crippen LogP contribution in [0, 0.1) is 0 Å². The van der Waals surface area contributed by atoms with E-state index < -0.39 is 19.7 Å². The first kappa shape index (κ1) is 26.1. The minimum atomic E-state index is -4.31. The minimum Gasteiger partial charge on any atom is -0.457 e. The van der Waals surface area contributed by atoms with E-state index in [9.17, 15) is 9.36 Å². The molecule has 9 heteroatoms. The first-order chi connectivity index (χ1) is 10.9. The molecule has 0 unspecified atom stereocenters. The molecule has 124 valence electrons. The summed E-state index contributed by atoms with van der Waals surface area (Å²) in [5.74, 6) is 0.768. The van der Waals surface area contributed by atoms with Gasteiger partial charge in [-0.2, -0.15) is 0 Å². The Balaban J connectivity index is 0.00000288. The van der Waals surface area contributed by atoms with Crippen molar-refractivity contribution >= 4 is 116 Å². The molecule has 0 bridgehead atoms. The van der Waals surface area contributed by atoms with Crippen LogP contribution in [-0.2, 0) is 15.8 Å². The topological polar surface area (TPSA) is 95.9 Å². The summed E-state index contributed by atoms with van der Waals surface area (Å²) in [5.41, 5.74) is 0.954.